The number of hydrogen-bond donors (Lipinski definition) is 0. The lowest BCUT2D eigenvalue weighted by molar-refractivity contribution is -0.137. The summed E-state index contributed by atoms with van der Waals surface area (Å²) < 4.78 is 65.1. The van der Waals surface area contributed by atoms with Crippen LogP contribution in [-0.2, 0) is 22.7 Å². The number of nitrogens with zero attached hydrogens (tertiary/aromatic N) is 2. The van der Waals surface area contributed by atoms with Gasteiger partial charge in [-0.3, -0.25) is 4.79 Å². The van der Waals surface area contributed by atoms with Crippen LogP contribution in [0.5, 0.6) is 0 Å². The van der Waals surface area contributed by atoms with Gasteiger partial charge in [-0.2, -0.15) is 17.5 Å². The smallest absolute Gasteiger partial charge is 0.337 e. The fourth-order valence-electron chi connectivity index (χ4n) is 3.42. The molecule has 0 N–H and O–H groups in total. The van der Waals surface area contributed by atoms with E-state index in [4.69, 9.17) is 0 Å². The molecule has 0 saturated carbocycles. The minimum Gasteiger partial charge on any atom is -0.337 e. The third-order valence-electron chi connectivity index (χ3n) is 5.19. The first-order chi connectivity index (χ1) is 14.0. The first-order valence-electron chi connectivity index (χ1n) is 9.52. The van der Waals surface area contributed by atoms with Crippen LogP contribution < -0.4 is 0 Å². The molecule has 3 rings (SSSR count). The van der Waals surface area contributed by atoms with Crippen molar-refractivity contribution in [1.29, 1.82) is 0 Å². The molecule has 0 bridgehead atoms. The molecule has 0 radical (unpaired) electrons. The maximum absolute atomic E-state index is 12.9. The van der Waals surface area contributed by atoms with Gasteiger partial charge in [-0.05, 0) is 55.2 Å². The SMILES string of the molecule is Cc1ccc(S(=O)(=O)N2CCCC2)cc1C(=O)N(C)Cc1ccc(C(F)(F)F)cc1. The van der Waals surface area contributed by atoms with Crippen molar-refractivity contribution in [1.82, 2.24) is 9.21 Å². The largest absolute Gasteiger partial charge is 0.416 e. The summed E-state index contributed by atoms with van der Waals surface area (Å²) in [5.74, 6) is -0.397. The average molecular weight is 440 g/mol. The third-order valence-corrected chi connectivity index (χ3v) is 7.08. The number of carbonyl (C=O) groups is 1. The molecule has 0 aromatic heterocycles. The molecule has 162 valence electrons. The van der Waals surface area contributed by atoms with E-state index in [2.05, 4.69) is 0 Å². The summed E-state index contributed by atoms with van der Waals surface area (Å²) in [4.78, 5) is 14.4. The standard InChI is InChI=1S/C21H23F3N2O3S/c1-15-5-10-18(30(28,29)26-11-3-4-12-26)13-19(15)20(27)25(2)14-16-6-8-17(9-7-16)21(22,23)24/h5-10,13H,3-4,11-12,14H2,1-2H3. The molecule has 1 aliphatic heterocycles. The zero-order valence-corrected chi connectivity index (χ0v) is 17.6. The number of aryl methyl sites for hydroxylation is 1. The highest BCUT2D eigenvalue weighted by Crippen LogP contribution is 2.29. The predicted molar refractivity (Wildman–Crippen MR) is 106 cm³/mol. The van der Waals surface area contributed by atoms with Gasteiger partial charge >= 0.3 is 6.18 Å². The van der Waals surface area contributed by atoms with Crippen LogP contribution in [0, 0.1) is 6.92 Å². The Hall–Kier alpha value is -2.39. The lowest BCUT2D eigenvalue weighted by Gasteiger charge is -2.20. The quantitative estimate of drug-likeness (QED) is 0.704. The van der Waals surface area contributed by atoms with Gasteiger partial charge in [-0.25, -0.2) is 8.42 Å². The maximum Gasteiger partial charge on any atom is 0.416 e. The van der Waals surface area contributed by atoms with Crippen molar-refractivity contribution >= 4 is 15.9 Å². The van der Waals surface area contributed by atoms with Gasteiger partial charge < -0.3 is 4.90 Å². The van der Waals surface area contributed by atoms with Crippen molar-refractivity contribution in [2.24, 2.45) is 0 Å². The number of hydrogen-bond acceptors (Lipinski definition) is 3. The van der Waals surface area contributed by atoms with E-state index in [0.717, 1.165) is 25.0 Å². The van der Waals surface area contributed by atoms with Crippen LogP contribution >= 0.6 is 0 Å². The molecule has 9 heteroatoms. The van der Waals surface area contributed by atoms with Crippen LogP contribution in [0.4, 0.5) is 13.2 Å². The van der Waals surface area contributed by atoms with E-state index in [1.54, 1.807) is 13.0 Å². The molecule has 2 aromatic rings. The molecular weight excluding hydrogens is 417 g/mol. The Labute approximate surface area is 174 Å². The normalized spacial score (nSPS) is 15.4. The molecule has 0 atom stereocenters. The summed E-state index contributed by atoms with van der Waals surface area (Å²) in [6.07, 6.45) is -2.79. The zero-order chi connectivity index (χ0) is 22.1. The highest BCUT2D eigenvalue weighted by atomic mass is 32.2. The first kappa shape index (κ1) is 22.3. The van der Waals surface area contributed by atoms with Gasteiger partial charge in [0.05, 0.1) is 10.5 Å². The summed E-state index contributed by atoms with van der Waals surface area (Å²) in [5, 5.41) is 0. The molecule has 1 aliphatic rings. The van der Waals surface area contributed by atoms with E-state index >= 15 is 0 Å². The monoisotopic (exact) mass is 440 g/mol. The number of amides is 1. The lowest BCUT2D eigenvalue weighted by atomic mass is 10.1. The zero-order valence-electron chi connectivity index (χ0n) is 16.7. The fourth-order valence-corrected chi connectivity index (χ4v) is 4.96. The molecule has 0 spiro atoms. The summed E-state index contributed by atoms with van der Waals surface area (Å²) in [7, 11) is -2.13. The number of sulfonamides is 1. The third kappa shape index (κ3) is 4.67. The molecule has 5 nitrogen and oxygen atoms in total. The van der Waals surface area contributed by atoms with E-state index in [1.165, 1.54) is 40.5 Å². The Bertz CT molecular complexity index is 1030. The topological polar surface area (TPSA) is 57.7 Å². The van der Waals surface area contributed by atoms with Gasteiger partial charge in [-0.1, -0.05) is 18.2 Å². The highest BCUT2D eigenvalue weighted by molar-refractivity contribution is 7.89. The second-order valence-corrected chi connectivity index (χ2v) is 9.38. The van der Waals surface area contributed by atoms with E-state index < -0.39 is 27.7 Å². The van der Waals surface area contributed by atoms with E-state index in [0.29, 0.717) is 24.2 Å². The van der Waals surface area contributed by atoms with Crippen LogP contribution in [0.2, 0.25) is 0 Å². The Morgan fingerprint density at radius 2 is 1.67 bits per heavy atom. The van der Waals surface area contributed by atoms with Crippen molar-refractivity contribution in [3.8, 4) is 0 Å². The molecule has 30 heavy (non-hydrogen) atoms. The Morgan fingerprint density at radius 1 is 1.07 bits per heavy atom. The van der Waals surface area contributed by atoms with Crippen LogP contribution in [0.25, 0.3) is 0 Å². The minimum atomic E-state index is -4.42. The van der Waals surface area contributed by atoms with Crippen LogP contribution in [0.3, 0.4) is 0 Å². The van der Waals surface area contributed by atoms with Crippen LogP contribution in [0.1, 0.15) is 39.9 Å². The summed E-state index contributed by atoms with van der Waals surface area (Å²) in [5.41, 5.74) is 0.664. The summed E-state index contributed by atoms with van der Waals surface area (Å²) >= 11 is 0. The van der Waals surface area contributed by atoms with Crippen molar-refractivity contribution in [3.05, 3.63) is 64.7 Å². The van der Waals surface area contributed by atoms with Crippen LogP contribution in [0.15, 0.2) is 47.4 Å². The predicted octanol–water partition coefficient (Wildman–Crippen LogP) is 4.07. The van der Waals surface area contributed by atoms with Gasteiger partial charge in [0, 0.05) is 32.2 Å². The number of rotatable bonds is 5. The Morgan fingerprint density at radius 3 is 2.23 bits per heavy atom. The summed E-state index contributed by atoms with van der Waals surface area (Å²) in [6.45, 7) is 2.74. The number of alkyl halides is 3. The highest BCUT2D eigenvalue weighted by Gasteiger charge is 2.30. The van der Waals surface area contributed by atoms with Gasteiger partial charge in [0.2, 0.25) is 10.0 Å². The number of benzene rings is 2. The van der Waals surface area contributed by atoms with Gasteiger partial charge in [0.15, 0.2) is 0 Å². The fraction of sp³-hybridized carbons (Fsp3) is 0.381. The molecule has 2 aromatic carbocycles. The van der Waals surface area contributed by atoms with Gasteiger partial charge in [-0.15, -0.1) is 0 Å². The molecule has 1 saturated heterocycles. The van der Waals surface area contributed by atoms with Gasteiger partial charge in [0.25, 0.3) is 5.91 Å². The molecule has 1 fully saturated rings. The molecular formula is C21H23F3N2O3S. The molecule has 1 heterocycles. The maximum atomic E-state index is 12.9. The van der Waals surface area contributed by atoms with E-state index in [-0.39, 0.29) is 17.0 Å². The van der Waals surface area contributed by atoms with Crippen molar-refractivity contribution in [3.63, 3.8) is 0 Å². The Balaban J connectivity index is 1.80. The van der Waals surface area contributed by atoms with E-state index in [9.17, 15) is 26.4 Å². The average Bonchev–Trinajstić information content (AvgIpc) is 3.23. The second kappa shape index (κ2) is 8.39. The first-order valence-corrected chi connectivity index (χ1v) is 11.0. The minimum absolute atomic E-state index is 0.0706. The van der Waals surface area contributed by atoms with Crippen molar-refractivity contribution in [2.75, 3.05) is 20.1 Å². The van der Waals surface area contributed by atoms with Gasteiger partial charge in [0.1, 0.15) is 0 Å². The lowest BCUT2D eigenvalue weighted by Crippen LogP contribution is -2.29. The van der Waals surface area contributed by atoms with Crippen molar-refractivity contribution in [2.45, 2.75) is 37.4 Å². The Kier molecular flexibility index (Phi) is 6.24. The summed E-state index contributed by atoms with van der Waals surface area (Å²) in [6, 6.07) is 9.08. The van der Waals surface area contributed by atoms with Crippen LogP contribution in [-0.4, -0.2) is 43.7 Å². The van der Waals surface area contributed by atoms with Crippen molar-refractivity contribution < 1.29 is 26.4 Å². The number of carbonyl (C=O) groups excluding carboxylic acids is 1. The number of halogens is 3. The second-order valence-electron chi connectivity index (χ2n) is 7.44. The molecule has 0 aliphatic carbocycles. The molecule has 0 unspecified atom stereocenters. The molecule has 1 amide bonds. The van der Waals surface area contributed by atoms with E-state index in [1.807, 2.05) is 0 Å².